The lowest BCUT2D eigenvalue weighted by Gasteiger charge is -2.28. The molecule has 1 amide bonds. The summed E-state index contributed by atoms with van der Waals surface area (Å²) in [5.41, 5.74) is 2.95. The van der Waals surface area contributed by atoms with Crippen molar-refractivity contribution in [1.82, 2.24) is 25.1 Å². The summed E-state index contributed by atoms with van der Waals surface area (Å²) in [5.74, 6) is 0.0229. The quantitative estimate of drug-likeness (QED) is 0.492. The molecule has 34 heavy (non-hydrogen) atoms. The summed E-state index contributed by atoms with van der Waals surface area (Å²) >= 11 is 0. The predicted molar refractivity (Wildman–Crippen MR) is 124 cm³/mol. The van der Waals surface area contributed by atoms with E-state index in [9.17, 15) is 14.0 Å². The summed E-state index contributed by atoms with van der Waals surface area (Å²) in [6, 6.07) is 18.0. The van der Waals surface area contributed by atoms with Gasteiger partial charge < -0.3 is 9.88 Å². The van der Waals surface area contributed by atoms with Crippen LogP contribution < -0.4 is 5.56 Å². The van der Waals surface area contributed by atoms with E-state index in [1.165, 1.54) is 6.07 Å². The van der Waals surface area contributed by atoms with E-state index in [1.807, 2.05) is 18.2 Å². The number of nitrogens with one attached hydrogen (secondary N) is 2. The van der Waals surface area contributed by atoms with Gasteiger partial charge in [-0.05, 0) is 36.6 Å². The van der Waals surface area contributed by atoms with Gasteiger partial charge in [0, 0.05) is 18.5 Å². The summed E-state index contributed by atoms with van der Waals surface area (Å²) in [6.45, 7) is 0.608. The summed E-state index contributed by atoms with van der Waals surface area (Å²) in [5, 5.41) is 6.82. The van der Waals surface area contributed by atoms with Crippen LogP contribution in [0.1, 0.15) is 46.0 Å². The molecule has 2 aromatic carbocycles. The third kappa shape index (κ3) is 3.34. The number of hydrogen-bond acceptors (Lipinski definition) is 4. The fourth-order valence-electron chi connectivity index (χ4n) is 4.78. The molecule has 7 nitrogen and oxygen atoms in total. The molecule has 2 aromatic heterocycles. The second-order valence-corrected chi connectivity index (χ2v) is 8.91. The molecule has 4 aromatic rings. The minimum absolute atomic E-state index is 0.170. The van der Waals surface area contributed by atoms with E-state index in [1.54, 1.807) is 29.2 Å². The summed E-state index contributed by atoms with van der Waals surface area (Å²) in [7, 11) is 0. The highest BCUT2D eigenvalue weighted by atomic mass is 19.1. The molecule has 1 aliphatic heterocycles. The van der Waals surface area contributed by atoms with Crippen LogP contribution in [0, 0.1) is 5.82 Å². The van der Waals surface area contributed by atoms with Gasteiger partial charge in [0.2, 0.25) is 0 Å². The standard InChI is InChI=1S/C26H22FN5O2/c27-19-9-5-4-8-17(19)21-14-22(31-30-21)24(34)32-13-10-20-18(15-32)23(33)29-25(28-20)26(11-12-26)16-6-2-1-3-7-16/h1-9,14H,10-13,15H2,(H,30,31)(H,28,29,33). The average molecular weight is 455 g/mol. The summed E-state index contributed by atoms with van der Waals surface area (Å²) < 4.78 is 14.1. The van der Waals surface area contributed by atoms with Crippen molar-refractivity contribution in [2.24, 2.45) is 0 Å². The van der Waals surface area contributed by atoms with E-state index < -0.39 is 5.82 Å². The zero-order valence-corrected chi connectivity index (χ0v) is 18.3. The highest BCUT2D eigenvalue weighted by Crippen LogP contribution is 2.51. The third-order valence-corrected chi connectivity index (χ3v) is 6.84. The van der Waals surface area contributed by atoms with Gasteiger partial charge in [0.1, 0.15) is 17.3 Å². The fraction of sp³-hybridized carbons (Fsp3) is 0.231. The Morgan fingerprint density at radius 2 is 1.82 bits per heavy atom. The Kier molecular flexibility index (Phi) is 4.69. The largest absolute Gasteiger partial charge is 0.332 e. The Labute approximate surface area is 194 Å². The molecule has 2 N–H and O–H groups in total. The van der Waals surface area contributed by atoms with E-state index in [2.05, 4.69) is 27.3 Å². The second-order valence-electron chi connectivity index (χ2n) is 8.91. The predicted octanol–water partition coefficient (Wildman–Crippen LogP) is 3.58. The van der Waals surface area contributed by atoms with Gasteiger partial charge in [0.05, 0.1) is 28.9 Å². The van der Waals surface area contributed by atoms with Crippen molar-refractivity contribution in [2.75, 3.05) is 6.54 Å². The normalized spacial score (nSPS) is 16.2. The van der Waals surface area contributed by atoms with Crippen molar-refractivity contribution in [1.29, 1.82) is 0 Å². The first-order valence-electron chi connectivity index (χ1n) is 11.3. The van der Waals surface area contributed by atoms with Gasteiger partial charge in [-0.3, -0.25) is 14.7 Å². The van der Waals surface area contributed by atoms with Crippen molar-refractivity contribution in [2.45, 2.75) is 31.2 Å². The van der Waals surface area contributed by atoms with Crippen LogP contribution in [0.2, 0.25) is 0 Å². The van der Waals surface area contributed by atoms with Crippen LogP contribution in [0.4, 0.5) is 4.39 Å². The number of carbonyl (C=O) groups excluding carboxylic acids is 1. The molecule has 1 saturated carbocycles. The SMILES string of the molecule is O=C(c1cc(-c2ccccc2F)n[nH]1)N1CCc2nc(C3(c4ccccc4)CC3)[nH]c(=O)c2C1. The molecule has 0 bridgehead atoms. The minimum atomic E-state index is -0.405. The lowest BCUT2D eigenvalue weighted by molar-refractivity contribution is 0.0726. The molecule has 6 rings (SSSR count). The van der Waals surface area contributed by atoms with Crippen molar-refractivity contribution in [3.05, 3.63) is 105 Å². The van der Waals surface area contributed by atoms with Gasteiger partial charge in [0.25, 0.3) is 11.5 Å². The van der Waals surface area contributed by atoms with Crippen LogP contribution in [0.3, 0.4) is 0 Å². The average Bonchev–Trinajstić information content (AvgIpc) is 3.54. The number of carbonyl (C=O) groups is 1. The van der Waals surface area contributed by atoms with E-state index in [-0.39, 0.29) is 29.1 Å². The van der Waals surface area contributed by atoms with Crippen molar-refractivity contribution >= 4 is 5.91 Å². The van der Waals surface area contributed by atoms with Crippen LogP contribution in [-0.2, 0) is 18.4 Å². The van der Waals surface area contributed by atoms with Crippen LogP contribution in [0.25, 0.3) is 11.3 Å². The maximum absolute atomic E-state index is 14.1. The number of rotatable bonds is 4. The molecule has 0 radical (unpaired) electrons. The molecule has 3 heterocycles. The van der Waals surface area contributed by atoms with Crippen LogP contribution in [-0.4, -0.2) is 37.5 Å². The van der Waals surface area contributed by atoms with Gasteiger partial charge in [0.15, 0.2) is 0 Å². The maximum atomic E-state index is 14.1. The number of hydrogen-bond donors (Lipinski definition) is 2. The van der Waals surface area contributed by atoms with E-state index in [0.717, 1.165) is 24.1 Å². The van der Waals surface area contributed by atoms with Crippen LogP contribution in [0.15, 0.2) is 65.5 Å². The number of halogens is 1. The van der Waals surface area contributed by atoms with Crippen molar-refractivity contribution in [3.8, 4) is 11.3 Å². The number of H-pyrrole nitrogens is 2. The number of aromatic nitrogens is 4. The topological polar surface area (TPSA) is 94.7 Å². The Hall–Kier alpha value is -4.07. The van der Waals surface area contributed by atoms with Gasteiger partial charge in [-0.2, -0.15) is 5.10 Å². The number of fused-ring (bicyclic) bond motifs is 1. The molecule has 0 saturated heterocycles. The third-order valence-electron chi connectivity index (χ3n) is 6.84. The van der Waals surface area contributed by atoms with Gasteiger partial charge in [-0.25, -0.2) is 9.37 Å². The Bertz CT molecular complexity index is 1460. The molecule has 8 heteroatoms. The van der Waals surface area contributed by atoms with Crippen molar-refractivity contribution < 1.29 is 9.18 Å². The molecule has 0 unspecified atom stereocenters. The molecular weight excluding hydrogens is 433 g/mol. The monoisotopic (exact) mass is 455 g/mol. The zero-order valence-electron chi connectivity index (χ0n) is 18.3. The van der Waals surface area contributed by atoms with E-state index >= 15 is 0 Å². The summed E-state index contributed by atoms with van der Waals surface area (Å²) in [6.07, 6.45) is 2.40. The molecule has 1 fully saturated rings. The summed E-state index contributed by atoms with van der Waals surface area (Å²) in [4.78, 5) is 35.6. The van der Waals surface area contributed by atoms with Gasteiger partial charge >= 0.3 is 0 Å². The van der Waals surface area contributed by atoms with Gasteiger partial charge in [-0.1, -0.05) is 42.5 Å². The number of benzene rings is 2. The molecule has 0 spiro atoms. The van der Waals surface area contributed by atoms with E-state index in [0.29, 0.717) is 35.6 Å². The lowest BCUT2D eigenvalue weighted by atomic mass is 9.94. The first kappa shape index (κ1) is 20.5. The minimum Gasteiger partial charge on any atom is -0.332 e. The molecule has 2 aliphatic rings. The van der Waals surface area contributed by atoms with E-state index in [4.69, 9.17) is 4.98 Å². The Morgan fingerprint density at radius 1 is 1.06 bits per heavy atom. The first-order chi connectivity index (χ1) is 16.5. The Balaban J connectivity index is 1.25. The van der Waals surface area contributed by atoms with Crippen LogP contribution >= 0.6 is 0 Å². The molecule has 170 valence electrons. The van der Waals surface area contributed by atoms with Crippen LogP contribution in [0.5, 0.6) is 0 Å². The van der Waals surface area contributed by atoms with Crippen molar-refractivity contribution in [3.63, 3.8) is 0 Å². The zero-order chi connectivity index (χ0) is 23.3. The molecular formula is C26H22FN5O2. The molecule has 1 aliphatic carbocycles. The second kappa shape index (κ2) is 7.76. The lowest BCUT2D eigenvalue weighted by Crippen LogP contribution is -2.40. The number of nitrogens with zero attached hydrogens (tertiary/aromatic N) is 3. The maximum Gasteiger partial charge on any atom is 0.272 e. The first-order valence-corrected chi connectivity index (χ1v) is 11.3. The number of amides is 1. The molecule has 0 atom stereocenters. The highest BCUT2D eigenvalue weighted by molar-refractivity contribution is 5.93. The number of aromatic amines is 2. The fourth-order valence-corrected chi connectivity index (χ4v) is 4.78. The smallest absolute Gasteiger partial charge is 0.272 e. The Morgan fingerprint density at radius 3 is 2.59 bits per heavy atom. The van der Waals surface area contributed by atoms with Gasteiger partial charge in [-0.15, -0.1) is 0 Å². The highest BCUT2D eigenvalue weighted by Gasteiger charge is 2.48.